The van der Waals surface area contributed by atoms with E-state index < -0.39 is 15.2 Å². The molecule has 1 unspecified atom stereocenters. The van der Waals surface area contributed by atoms with E-state index in [9.17, 15) is 13.2 Å². The van der Waals surface area contributed by atoms with Gasteiger partial charge in [-0.2, -0.15) is 11.8 Å². The van der Waals surface area contributed by atoms with E-state index in [1.54, 1.807) is 24.1 Å². The molecule has 0 amide bonds. The van der Waals surface area contributed by atoms with Crippen LogP contribution in [0.25, 0.3) is 0 Å². The maximum absolute atomic E-state index is 11.9. The lowest BCUT2D eigenvalue weighted by molar-refractivity contribution is -0.142. The smallest absolute Gasteiger partial charge is 0.311 e. The Bertz CT molecular complexity index is 599. The number of anilines is 1. The van der Waals surface area contributed by atoms with Crippen LogP contribution in [-0.4, -0.2) is 55.7 Å². The van der Waals surface area contributed by atoms with Crippen molar-refractivity contribution in [2.75, 3.05) is 35.8 Å². The summed E-state index contributed by atoms with van der Waals surface area (Å²) in [5, 5.41) is 1.90. The lowest BCUT2D eigenvalue weighted by atomic mass is 10.3. The van der Waals surface area contributed by atoms with Crippen LogP contribution in [0.2, 0.25) is 0 Å². The van der Waals surface area contributed by atoms with Gasteiger partial charge in [-0.05, 0) is 6.92 Å². The second-order valence-corrected chi connectivity index (χ2v) is 8.85. The first-order valence-electron chi connectivity index (χ1n) is 6.55. The Morgan fingerprint density at radius 3 is 3.00 bits per heavy atom. The number of rotatable bonds is 5. The molecule has 9 heteroatoms. The van der Waals surface area contributed by atoms with Gasteiger partial charge in [0.2, 0.25) is 0 Å². The van der Waals surface area contributed by atoms with Gasteiger partial charge in [0.05, 0.1) is 18.7 Å². The van der Waals surface area contributed by atoms with Crippen LogP contribution in [0.3, 0.4) is 0 Å². The second kappa shape index (κ2) is 6.97. The summed E-state index contributed by atoms with van der Waals surface area (Å²) in [6.07, 6.45) is 1.38. The maximum atomic E-state index is 11.9. The largest absolute Gasteiger partial charge is 0.466 e. The van der Waals surface area contributed by atoms with Gasteiger partial charge < -0.3 is 9.64 Å². The highest BCUT2D eigenvalue weighted by molar-refractivity contribution is 8.01. The predicted octanol–water partition coefficient (Wildman–Crippen LogP) is 1.17. The zero-order valence-corrected chi connectivity index (χ0v) is 14.4. The van der Waals surface area contributed by atoms with Crippen LogP contribution in [0.15, 0.2) is 5.38 Å². The number of aromatic nitrogens is 1. The normalized spacial score (nSPS) is 19.5. The SMILES string of the molecule is CCOC(=O)Cc1csc(N2CCSCC2S(C)(=O)=O)n1. The first-order chi connectivity index (χ1) is 9.91. The molecule has 1 aromatic rings. The van der Waals surface area contributed by atoms with Crippen LogP contribution in [0, 0.1) is 0 Å². The summed E-state index contributed by atoms with van der Waals surface area (Å²) in [5.41, 5.74) is 0.624. The van der Waals surface area contributed by atoms with Crippen molar-refractivity contribution in [3.05, 3.63) is 11.1 Å². The molecule has 1 saturated heterocycles. The summed E-state index contributed by atoms with van der Waals surface area (Å²) in [7, 11) is -3.17. The highest BCUT2D eigenvalue weighted by Crippen LogP contribution is 2.29. The van der Waals surface area contributed by atoms with Crippen LogP contribution < -0.4 is 4.90 Å². The van der Waals surface area contributed by atoms with Crippen LogP contribution in [0.1, 0.15) is 12.6 Å². The Labute approximate surface area is 132 Å². The number of thioether (sulfide) groups is 1. The molecule has 2 rings (SSSR count). The monoisotopic (exact) mass is 350 g/mol. The van der Waals surface area contributed by atoms with E-state index in [-0.39, 0.29) is 12.4 Å². The molecule has 1 fully saturated rings. The van der Waals surface area contributed by atoms with Gasteiger partial charge in [-0.1, -0.05) is 0 Å². The molecule has 21 heavy (non-hydrogen) atoms. The topological polar surface area (TPSA) is 76.6 Å². The lowest BCUT2D eigenvalue weighted by Crippen LogP contribution is -2.47. The molecule has 0 aliphatic carbocycles. The van der Waals surface area contributed by atoms with Crippen molar-refractivity contribution in [3.63, 3.8) is 0 Å². The highest BCUT2D eigenvalue weighted by atomic mass is 32.2. The molecular weight excluding hydrogens is 332 g/mol. The van der Waals surface area contributed by atoms with Crippen LogP contribution in [0.5, 0.6) is 0 Å². The Balaban J connectivity index is 2.13. The molecule has 0 aromatic carbocycles. The van der Waals surface area contributed by atoms with Gasteiger partial charge in [0, 0.05) is 29.7 Å². The zero-order chi connectivity index (χ0) is 15.5. The standard InChI is InChI=1S/C12H18N2O4S3/c1-3-18-11(15)6-9-7-20-12(13-9)14-4-5-19-8-10(14)21(2,16)17/h7,10H,3-6,8H2,1-2H3. The number of carbonyl (C=O) groups excluding carboxylic acids is 1. The van der Waals surface area contributed by atoms with Gasteiger partial charge in [0.25, 0.3) is 0 Å². The molecule has 1 aliphatic rings. The van der Waals surface area contributed by atoms with Crippen molar-refractivity contribution < 1.29 is 17.9 Å². The number of nitrogens with zero attached hydrogens (tertiary/aromatic N) is 2. The minimum absolute atomic E-state index is 0.121. The molecule has 1 aliphatic heterocycles. The van der Waals surface area contributed by atoms with Crippen molar-refractivity contribution in [2.45, 2.75) is 18.7 Å². The third-order valence-electron chi connectivity index (χ3n) is 2.99. The van der Waals surface area contributed by atoms with E-state index in [1.807, 2.05) is 4.90 Å². The molecule has 0 radical (unpaired) electrons. The Hall–Kier alpha value is -0.800. The van der Waals surface area contributed by atoms with Crippen molar-refractivity contribution in [1.29, 1.82) is 0 Å². The third kappa shape index (κ3) is 4.33. The number of esters is 1. The van der Waals surface area contributed by atoms with Crippen molar-refractivity contribution in [1.82, 2.24) is 4.98 Å². The second-order valence-electron chi connectivity index (χ2n) is 4.66. The number of ether oxygens (including phenoxy) is 1. The molecule has 0 bridgehead atoms. The summed E-state index contributed by atoms with van der Waals surface area (Å²) >= 11 is 3.00. The number of hydrogen-bond donors (Lipinski definition) is 0. The van der Waals surface area contributed by atoms with Gasteiger partial charge in [-0.3, -0.25) is 4.79 Å². The molecule has 1 atom stereocenters. The van der Waals surface area contributed by atoms with E-state index in [2.05, 4.69) is 4.98 Å². The lowest BCUT2D eigenvalue weighted by Gasteiger charge is -2.33. The molecule has 6 nitrogen and oxygen atoms in total. The molecular formula is C12H18N2O4S3. The average molecular weight is 350 g/mol. The number of carbonyl (C=O) groups is 1. The van der Waals surface area contributed by atoms with E-state index in [0.717, 1.165) is 5.75 Å². The fourth-order valence-electron chi connectivity index (χ4n) is 2.02. The van der Waals surface area contributed by atoms with Crippen LogP contribution in [0.4, 0.5) is 5.13 Å². The van der Waals surface area contributed by atoms with Crippen LogP contribution >= 0.6 is 23.1 Å². The van der Waals surface area contributed by atoms with Gasteiger partial charge in [-0.25, -0.2) is 13.4 Å². The van der Waals surface area contributed by atoms with Gasteiger partial charge >= 0.3 is 5.97 Å². The first kappa shape index (κ1) is 16.6. The van der Waals surface area contributed by atoms with Crippen LogP contribution in [-0.2, 0) is 25.8 Å². The Morgan fingerprint density at radius 1 is 1.57 bits per heavy atom. The highest BCUT2D eigenvalue weighted by Gasteiger charge is 2.32. The first-order valence-corrected chi connectivity index (χ1v) is 10.5. The van der Waals surface area contributed by atoms with Gasteiger partial charge in [-0.15, -0.1) is 11.3 Å². The van der Waals surface area contributed by atoms with Crippen molar-refractivity contribution >= 4 is 44.0 Å². The Morgan fingerprint density at radius 2 is 2.33 bits per heavy atom. The van der Waals surface area contributed by atoms with Crippen molar-refractivity contribution in [3.8, 4) is 0 Å². The summed E-state index contributed by atoms with van der Waals surface area (Å²) in [4.78, 5) is 17.7. The summed E-state index contributed by atoms with van der Waals surface area (Å²) < 4.78 is 28.7. The number of thiazole rings is 1. The molecule has 118 valence electrons. The fraction of sp³-hybridized carbons (Fsp3) is 0.667. The molecule has 0 spiro atoms. The minimum Gasteiger partial charge on any atom is -0.466 e. The molecule has 0 saturated carbocycles. The molecule has 1 aromatic heterocycles. The number of sulfone groups is 1. The average Bonchev–Trinajstić information content (AvgIpc) is 2.86. The minimum atomic E-state index is -3.17. The van der Waals surface area contributed by atoms with Gasteiger partial charge in [0.15, 0.2) is 15.0 Å². The quantitative estimate of drug-likeness (QED) is 0.738. The number of hydrogen-bond acceptors (Lipinski definition) is 8. The van der Waals surface area contributed by atoms with E-state index in [1.165, 1.54) is 17.6 Å². The predicted molar refractivity (Wildman–Crippen MR) is 85.8 cm³/mol. The van der Waals surface area contributed by atoms with E-state index in [0.29, 0.717) is 29.7 Å². The molecule has 0 N–H and O–H groups in total. The fourth-order valence-corrected chi connectivity index (χ4v) is 5.81. The third-order valence-corrected chi connectivity index (χ3v) is 6.56. The van der Waals surface area contributed by atoms with Crippen molar-refractivity contribution in [2.24, 2.45) is 0 Å². The zero-order valence-electron chi connectivity index (χ0n) is 11.9. The van der Waals surface area contributed by atoms with E-state index >= 15 is 0 Å². The summed E-state index contributed by atoms with van der Waals surface area (Å²) in [6.45, 7) is 2.75. The van der Waals surface area contributed by atoms with Gasteiger partial charge in [0.1, 0.15) is 5.37 Å². The summed E-state index contributed by atoms with van der Waals surface area (Å²) in [6, 6.07) is 0. The Kier molecular flexibility index (Phi) is 5.50. The maximum Gasteiger partial charge on any atom is 0.311 e. The summed E-state index contributed by atoms with van der Waals surface area (Å²) in [5.74, 6) is 1.10. The van der Waals surface area contributed by atoms with E-state index in [4.69, 9.17) is 4.74 Å². The molecule has 2 heterocycles.